The van der Waals surface area contributed by atoms with Crippen LogP contribution in [-0.2, 0) is 9.59 Å². The molecule has 2 amide bonds. The first-order valence-electron chi connectivity index (χ1n) is 10.8. The third kappa shape index (κ3) is 3.93. The number of carbonyl (C=O) groups excluding carboxylic acids is 2. The Balaban J connectivity index is 1.23. The van der Waals surface area contributed by atoms with E-state index in [2.05, 4.69) is 34.7 Å². The van der Waals surface area contributed by atoms with Gasteiger partial charge in [-0.3, -0.25) is 19.5 Å². The van der Waals surface area contributed by atoms with Crippen molar-refractivity contribution in [1.29, 1.82) is 0 Å². The third-order valence-corrected chi connectivity index (χ3v) is 6.41. The molecule has 1 heterocycles. The monoisotopic (exact) mass is 410 g/mol. The number of fused-ring (bicyclic) bond motifs is 5. The summed E-state index contributed by atoms with van der Waals surface area (Å²) in [7, 11) is 1.70. The van der Waals surface area contributed by atoms with E-state index < -0.39 is 0 Å². The molecule has 4 rings (SSSR count). The standard InChI is InChI=1S/C23H30N4O3/c1-3-17(30-18-7-5-4-6-8-18)14-26-23(24-2)25-11-12-27-21(28)19-15-9-10-16(13-15)20(19)22(27)29/h4-10,15-17,19-20H,3,11-14H2,1-2H3,(H2,24,25,26). The number of imide groups is 1. The maximum atomic E-state index is 12.7. The fourth-order valence-corrected chi connectivity index (χ4v) is 4.86. The van der Waals surface area contributed by atoms with Crippen LogP contribution in [0.15, 0.2) is 47.5 Å². The van der Waals surface area contributed by atoms with E-state index in [1.807, 2.05) is 30.3 Å². The Morgan fingerprint density at radius 2 is 1.80 bits per heavy atom. The smallest absolute Gasteiger partial charge is 0.233 e. The third-order valence-electron chi connectivity index (χ3n) is 6.41. The molecule has 5 atom stereocenters. The number of ether oxygens (including phenoxy) is 1. The molecule has 0 radical (unpaired) electrons. The van der Waals surface area contributed by atoms with Gasteiger partial charge in [0.15, 0.2) is 5.96 Å². The van der Waals surface area contributed by atoms with Crippen LogP contribution in [0.5, 0.6) is 5.75 Å². The molecule has 1 saturated heterocycles. The highest BCUT2D eigenvalue weighted by Crippen LogP contribution is 2.52. The van der Waals surface area contributed by atoms with E-state index in [0.29, 0.717) is 25.6 Å². The molecule has 160 valence electrons. The van der Waals surface area contributed by atoms with Gasteiger partial charge in [-0.15, -0.1) is 0 Å². The molecule has 1 aromatic rings. The van der Waals surface area contributed by atoms with E-state index in [9.17, 15) is 9.59 Å². The van der Waals surface area contributed by atoms with E-state index in [0.717, 1.165) is 18.6 Å². The van der Waals surface area contributed by atoms with Crippen LogP contribution in [0, 0.1) is 23.7 Å². The number of guanidine groups is 1. The van der Waals surface area contributed by atoms with Gasteiger partial charge in [-0.1, -0.05) is 37.3 Å². The second kappa shape index (κ2) is 8.90. The van der Waals surface area contributed by atoms with Gasteiger partial charge in [0.1, 0.15) is 11.9 Å². The zero-order chi connectivity index (χ0) is 21.1. The molecular formula is C23H30N4O3. The molecule has 0 spiro atoms. The molecule has 2 N–H and O–H groups in total. The first kappa shape index (κ1) is 20.4. The van der Waals surface area contributed by atoms with Crippen LogP contribution >= 0.6 is 0 Å². The molecule has 3 aliphatic rings. The Morgan fingerprint density at radius 3 is 2.40 bits per heavy atom. The van der Waals surface area contributed by atoms with Crippen molar-refractivity contribution in [3.63, 3.8) is 0 Å². The number of rotatable bonds is 8. The maximum absolute atomic E-state index is 12.7. The molecule has 2 aliphatic carbocycles. The van der Waals surface area contributed by atoms with Gasteiger partial charge in [0, 0.05) is 20.1 Å². The van der Waals surface area contributed by atoms with E-state index in [1.54, 1.807) is 7.05 Å². The van der Waals surface area contributed by atoms with Crippen molar-refractivity contribution in [3.05, 3.63) is 42.5 Å². The molecule has 5 unspecified atom stereocenters. The summed E-state index contributed by atoms with van der Waals surface area (Å²) in [5, 5.41) is 6.47. The Hall–Kier alpha value is -2.83. The molecule has 7 nitrogen and oxygen atoms in total. The van der Waals surface area contributed by atoms with Crippen molar-refractivity contribution in [2.24, 2.45) is 28.7 Å². The van der Waals surface area contributed by atoms with E-state index in [-0.39, 0.29) is 41.6 Å². The average Bonchev–Trinajstić information content (AvgIpc) is 3.45. The minimum absolute atomic E-state index is 0.00564. The molecule has 2 fully saturated rings. The Labute approximate surface area is 177 Å². The van der Waals surface area contributed by atoms with Crippen LogP contribution in [0.25, 0.3) is 0 Å². The fourth-order valence-electron chi connectivity index (χ4n) is 4.86. The topological polar surface area (TPSA) is 83.0 Å². The molecule has 30 heavy (non-hydrogen) atoms. The molecule has 2 bridgehead atoms. The van der Waals surface area contributed by atoms with Gasteiger partial charge in [-0.05, 0) is 36.8 Å². The number of likely N-dealkylation sites (tertiary alicyclic amines) is 1. The number of hydrogen-bond donors (Lipinski definition) is 2. The van der Waals surface area contributed by atoms with Gasteiger partial charge in [0.2, 0.25) is 11.8 Å². The second-order valence-electron chi connectivity index (χ2n) is 8.17. The number of amides is 2. The summed E-state index contributed by atoms with van der Waals surface area (Å²) >= 11 is 0. The summed E-state index contributed by atoms with van der Waals surface area (Å²) in [4.78, 5) is 31.2. The lowest BCUT2D eigenvalue weighted by molar-refractivity contribution is -0.140. The minimum Gasteiger partial charge on any atom is -0.489 e. The van der Waals surface area contributed by atoms with Crippen LogP contribution in [-0.4, -0.2) is 55.5 Å². The first-order chi connectivity index (χ1) is 14.6. The summed E-state index contributed by atoms with van der Waals surface area (Å²) < 4.78 is 5.99. The lowest BCUT2D eigenvalue weighted by Crippen LogP contribution is -2.46. The van der Waals surface area contributed by atoms with E-state index in [1.165, 1.54) is 4.90 Å². The summed E-state index contributed by atoms with van der Waals surface area (Å²) in [6, 6.07) is 9.75. The molecule has 1 aliphatic heterocycles. The van der Waals surface area contributed by atoms with Crippen molar-refractivity contribution in [2.75, 3.05) is 26.7 Å². The van der Waals surface area contributed by atoms with E-state index >= 15 is 0 Å². The lowest BCUT2D eigenvalue weighted by atomic mass is 9.85. The van der Waals surface area contributed by atoms with Crippen molar-refractivity contribution >= 4 is 17.8 Å². The summed E-state index contributed by atoms with van der Waals surface area (Å²) in [6.07, 6.45) is 6.06. The molecule has 1 saturated carbocycles. The number of carbonyl (C=O) groups is 2. The number of nitrogens with one attached hydrogen (secondary N) is 2. The summed E-state index contributed by atoms with van der Waals surface area (Å²) in [6.45, 7) is 3.51. The van der Waals surface area contributed by atoms with Crippen LogP contribution in [0.2, 0.25) is 0 Å². The summed E-state index contributed by atoms with van der Waals surface area (Å²) in [5.41, 5.74) is 0. The van der Waals surface area contributed by atoms with Crippen LogP contribution < -0.4 is 15.4 Å². The van der Waals surface area contributed by atoms with Crippen molar-refractivity contribution in [2.45, 2.75) is 25.9 Å². The number of aliphatic imine (C=N–C) groups is 1. The Morgan fingerprint density at radius 1 is 1.13 bits per heavy atom. The highest BCUT2D eigenvalue weighted by molar-refractivity contribution is 6.06. The van der Waals surface area contributed by atoms with Crippen molar-refractivity contribution < 1.29 is 14.3 Å². The second-order valence-corrected chi connectivity index (χ2v) is 8.17. The average molecular weight is 411 g/mol. The predicted molar refractivity (Wildman–Crippen MR) is 115 cm³/mol. The fraction of sp³-hybridized carbons (Fsp3) is 0.522. The zero-order valence-electron chi connectivity index (χ0n) is 17.6. The normalized spacial score (nSPS) is 28.1. The zero-order valence-corrected chi connectivity index (χ0v) is 17.6. The first-order valence-corrected chi connectivity index (χ1v) is 10.8. The quantitative estimate of drug-likeness (QED) is 0.296. The Kier molecular flexibility index (Phi) is 6.06. The van der Waals surface area contributed by atoms with Crippen molar-refractivity contribution in [1.82, 2.24) is 15.5 Å². The lowest BCUT2D eigenvalue weighted by Gasteiger charge is -2.21. The highest BCUT2D eigenvalue weighted by atomic mass is 16.5. The predicted octanol–water partition coefficient (Wildman–Crippen LogP) is 1.82. The van der Waals surface area contributed by atoms with Crippen LogP contribution in [0.4, 0.5) is 0 Å². The number of allylic oxidation sites excluding steroid dienone is 2. The largest absolute Gasteiger partial charge is 0.489 e. The summed E-state index contributed by atoms with van der Waals surface area (Å²) in [5.74, 6) is 1.69. The molecule has 1 aromatic carbocycles. The molecule has 0 aromatic heterocycles. The Bertz CT molecular complexity index is 808. The van der Waals surface area contributed by atoms with Crippen LogP contribution in [0.3, 0.4) is 0 Å². The number of benzene rings is 1. The molecular weight excluding hydrogens is 380 g/mol. The van der Waals surface area contributed by atoms with Crippen molar-refractivity contribution in [3.8, 4) is 5.75 Å². The number of para-hydroxylation sites is 1. The maximum Gasteiger partial charge on any atom is 0.233 e. The molecule has 7 heteroatoms. The minimum atomic E-state index is -0.134. The number of nitrogens with zero attached hydrogens (tertiary/aromatic N) is 2. The van der Waals surface area contributed by atoms with Gasteiger partial charge < -0.3 is 15.4 Å². The van der Waals surface area contributed by atoms with Gasteiger partial charge in [-0.25, -0.2) is 0 Å². The van der Waals surface area contributed by atoms with E-state index in [4.69, 9.17) is 4.74 Å². The van der Waals surface area contributed by atoms with Gasteiger partial charge in [-0.2, -0.15) is 0 Å². The SMILES string of the molecule is CCC(CNC(=NC)NCCN1C(=O)C2C3C=CC(C3)C2C1=O)Oc1ccccc1. The van der Waals surface area contributed by atoms with Gasteiger partial charge in [0.05, 0.1) is 18.4 Å². The van der Waals surface area contributed by atoms with Crippen LogP contribution in [0.1, 0.15) is 19.8 Å². The highest BCUT2D eigenvalue weighted by Gasteiger charge is 2.58. The van der Waals surface area contributed by atoms with Gasteiger partial charge in [0.25, 0.3) is 0 Å². The van der Waals surface area contributed by atoms with Gasteiger partial charge >= 0.3 is 0 Å². The number of hydrogen-bond acceptors (Lipinski definition) is 4.